The second kappa shape index (κ2) is 17.7. The Morgan fingerprint density at radius 2 is 1.69 bits per heavy atom. The number of hydrogen-bond donors (Lipinski definition) is 0. The normalized spacial score (nSPS) is 40.1. The van der Waals surface area contributed by atoms with Crippen molar-refractivity contribution in [3.8, 4) is 0 Å². The Labute approximate surface area is 363 Å². The molecule has 4 bridgehead atoms. The minimum Gasteiger partial charge on any atom is -0.463 e. The fraction of sp³-hybridized carbons (Fsp3) is 0.702. The lowest BCUT2D eigenvalue weighted by Gasteiger charge is -2.59. The van der Waals surface area contributed by atoms with Crippen LogP contribution >= 0.6 is 0 Å². The van der Waals surface area contributed by atoms with Gasteiger partial charge in [-0.2, -0.15) is 0 Å². The average molecular weight is 860 g/mol. The second-order valence-corrected chi connectivity index (χ2v) is 19.2. The van der Waals surface area contributed by atoms with Gasteiger partial charge in [-0.25, -0.2) is 4.79 Å². The number of rotatable bonds is 11. The third-order valence-electron chi connectivity index (χ3n) is 15.5. The molecule has 4 heterocycles. The van der Waals surface area contributed by atoms with Crippen molar-refractivity contribution in [3.63, 3.8) is 0 Å². The van der Waals surface area contributed by atoms with Crippen molar-refractivity contribution < 1.29 is 57.1 Å². The zero-order valence-corrected chi connectivity index (χ0v) is 36.9. The molecule has 15 nitrogen and oxygen atoms in total. The molecule has 16 atom stereocenters. The summed E-state index contributed by atoms with van der Waals surface area (Å²) in [6.45, 7) is 13.1. The van der Waals surface area contributed by atoms with Crippen LogP contribution in [0.25, 0.3) is 10.4 Å². The highest BCUT2D eigenvalue weighted by Crippen LogP contribution is 2.70. The number of allylic oxidation sites excluding steroid dienone is 2. The van der Waals surface area contributed by atoms with Crippen molar-refractivity contribution in [2.75, 3.05) is 13.2 Å². The summed E-state index contributed by atoms with van der Waals surface area (Å²) in [6, 6.07) is 6.51. The molecule has 7 fully saturated rings. The molecule has 1 spiro atoms. The predicted octanol–water partition coefficient (Wildman–Crippen LogP) is 7.70. The predicted molar refractivity (Wildman–Crippen MR) is 221 cm³/mol. The first-order valence-corrected chi connectivity index (χ1v) is 22.3. The molecule has 336 valence electrons. The summed E-state index contributed by atoms with van der Waals surface area (Å²) in [5.74, 6) is -0.0893. The minimum absolute atomic E-state index is 0.0409. The SMILES string of the molecule is CC(=O)OC[C@H]1O[C@@H](O[C@H]2CC[C@@]3(C)C(=CC[C@H]4[C@@H]5C[C@@H]6O[C@@H]7OC[C@@]5(CC[C@@H]43)[C@H]6[C@H](C)[C@H]7C=C(C)C)C2)[C@H](OC(=O)c2ccccc2CN=[N+]=[N-])[C@@H](OC(C)=O)[C@@H]1OC(C)=O. The Bertz CT molecular complexity index is 2030. The van der Waals surface area contributed by atoms with Crippen molar-refractivity contribution in [1.29, 1.82) is 0 Å². The van der Waals surface area contributed by atoms with E-state index < -0.39 is 54.6 Å². The molecule has 8 aliphatic rings. The van der Waals surface area contributed by atoms with Gasteiger partial charge >= 0.3 is 23.9 Å². The standard InChI is InChI=1S/C47H61N3O12/c1-24(2)18-34-25(3)39-37-20-36-33-13-12-30-19-31(14-16-46(30,7)35(33)15-17-47(36,39)23-56-44(34)60-37)59-45-42(62-43(54)32-11-9-8-10-29(32)21-49-50-48)41(58-28(6)53)40(57-27(5)52)38(61-45)22-55-26(4)51/h8-12,18,25,31,33-42,44-45H,13-17,19-23H2,1-7H3/t25-,31+,33-,34-,35+,36+,37+,38-,39+,40-,41+,42-,44+,45-,46+,47-/m1/s1. The van der Waals surface area contributed by atoms with E-state index in [1.54, 1.807) is 18.2 Å². The van der Waals surface area contributed by atoms with Crippen LogP contribution in [0.15, 0.2) is 52.7 Å². The molecule has 62 heavy (non-hydrogen) atoms. The lowest BCUT2D eigenvalue weighted by atomic mass is 9.46. The number of ether oxygens (including phenoxy) is 8. The summed E-state index contributed by atoms with van der Waals surface area (Å²) in [4.78, 5) is 54.1. The van der Waals surface area contributed by atoms with E-state index in [2.05, 4.69) is 49.9 Å². The van der Waals surface area contributed by atoms with E-state index in [4.69, 9.17) is 43.4 Å². The van der Waals surface area contributed by atoms with Crippen LogP contribution in [-0.2, 0) is 58.8 Å². The number of fused-ring (bicyclic) bond motifs is 6. The maximum atomic E-state index is 14.0. The molecule has 1 aromatic rings. The van der Waals surface area contributed by atoms with E-state index in [1.807, 2.05) is 0 Å². The summed E-state index contributed by atoms with van der Waals surface area (Å²) >= 11 is 0. The number of esters is 4. The zero-order valence-electron chi connectivity index (χ0n) is 36.9. The van der Waals surface area contributed by atoms with Gasteiger partial charge in [0.15, 0.2) is 30.9 Å². The number of azide groups is 1. The highest BCUT2D eigenvalue weighted by atomic mass is 16.7. The van der Waals surface area contributed by atoms with Crippen molar-refractivity contribution in [1.82, 2.24) is 0 Å². The van der Waals surface area contributed by atoms with E-state index in [9.17, 15) is 19.2 Å². The van der Waals surface area contributed by atoms with E-state index in [0.717, 1.165) is 38.7 Å². The maximum absolute atomic E-state index is 14.0. The smallest absolute Gasteiger partial charge is 0.339 e. The van der Waals surface area contributed by atoms with Gasteiger partial charge in [0.05, 0.1) is 30.9 Å². The molecule has 0 radical (unpaired) electrons. The van der Waals surface area contributed by atoms with Crippen LogP contribution < -0.4 is 0 Å². The Kier molecular flexibility index (Phi) is 12.7. The van der Waals surface area contributed by atoms with Crippen LogP contribution in [0, 0.1) is 46.3 Å². The maximum Gasteiger partial charge on any atom is 0.339 e. The lowest BCUT2D eigenvalue weighted by Crippen LogP contribution is -2.63. The molecule has 9 rings (SSSR count). The summed E-state index contributed by atoms with van der Waals surface area (Å²) in [5, 5.41) is 3.62. The fourth-order valence-corrected chi connectivity index (χ4v) is 13.1. The van der Waals surface area contributed by atoms with Crippen molar-refractivity contribution in [2.24, 2.45) is 51.5 Å². The number of carbonyl (C=O) groups excluding carboxylic acids is 4. The number of hydrogen-bond acceptors (Lipinski definition) is 13. The van der Waals surface area contributed by atoms with Gasteiger partial charge in [0.2, 0.25) is 0 Å². The first kappa shape index (κ1) is 44.3. The molecule has 4 saturated heterocycles. The Hall–Kier alpha value is -4.27. The largest absolute Gasteiger partial charge is 0.463 e. The molecule has 4 aliphatic carbocycles. The Morgan fingerprint density at radius 1 is 0.935 bits per heavy atom. The van der Waals surface area contributed by atoms with E-state index in [1.165, 1.54) is 38.0 Å². The number of benzene rings is 1. The van der Waals surface area contributed by atoms with Gasteiger partial charge in [0, 0.05) is 37.0 Å². The van der Waals surface area contributed by atoms with Crippen LogP contribution in [0.1, 0.15) is 109 Å². The van der Waals surface area contributed by atoms with Gasteiger partial charge in [-0.15, -0.1) is 0 Å². The summed E-state index contributed by atoms with van der Waals surface area (Å²) in [6.07, 6.45) is 4.36. The summed E-state index contributed by atoms with van der Waals surface area (Å²) in [7, 11) is 0. The summed E-state index contributed by atoms with van der Waals surface area (Å²) < 4.78 is 49.7. The Morgan fingerprint density at radius 3 is 2.42 bits per heavy atom. The molecule has 1 aromatic carbocycles. The highest BCUT2D eigenvalue weighted by Gasteiger charge is 2.68. The Balaban J connectivity index is 1.06. The minimum atomic E-state index is -1.42. The molecular weight excluding hydrogens is 799 g/mol. The molecule has 0 aromatic heterocycles. The third-order valence-corrected chi connectivity index (χ3v) is 15.5. The fourth-order valence-electron chi connectivity index (χ4n) is 13.1. The molecule has 0 unspecified atom stereocenters. The van der Waals surface area contributed by atoms with Crippen LogP contribution in [0.5, 0.6) is 0 Å². The first-order chi connectivity index (χ1) is 29.6. The van der Waals surface area contributed by atoms with Crippen LogP contribution in [0.2, 0.25) is 0 Å². The van der Waals surface area contributed by atoms with Gasteiger partial charge in [-0.1, -0.05) is 60.5 Å². The van der Waals surface area contributed by atoms with Gasteiger partial charge in [0.25, 0.3) is 0 Å². The molecule has 4 aliphatic heterocycles. The quantitative estimate of drug-likeness (QED) is 0.0527. The second-order valence-electron chi connectivity index (χ2n) is 19.2. The van der Waals surface area contributed by atoms with Gasteiger partial charge in [0.1, 0.15) is 12.7 Å². The monoisotopic (exact) mass is 859 g/mol. The van der Waals surface area contributed by atoms with E-state index in [0.29, 0.717) is 48.0 Å². The zero-order chi connectivity index (χ0) is 44.1. The van der Waals surface area contributed by atoms with Crippen molar-refractivity contribution >= 4 is 23.9 Å². The topological polar surface area (TPSA) is 191 Å². The third kappa shape index (κ3) is 8.19. The van der Waals surface area contributed by atoms with Crippen molar-refractivity contribution in [3.05, 3.63) is 69.1 Å². The highest BCUT2D eigenvalue weighted by molar-refractivity contribution is 5.91. The first-order valence-electron chi connectivity index (χ1n) is 22.3. The molecule has 0 N–H and O–H groups in total. The average Bonchev–Trinajstić information content (AvgIpc) is 3.41. The molecule has 3 saturated carbocycles. The van der Waals surface area contributed by atoms with E-state index in [-0.39, 0.29) is 54.0 Å². The van der Waals surface area contributed by atoms with E-state index >= 15 is 0 Å². The van der Waals surface area contributed by atoms with Crippen LogP contribution in [0.4, 0.5) is 0 Å². The molecule has 0 amide bonds. The molecule has 15 heteroatoms. The van der Waals surface area contributed by atoms with Crippen LogP contribution in [-0.4, -0.2) is 86.3 Å². The van der Waals surface area contributed by atoms with Crippen molar-refractivity contribution in [2.45, 2.75) is 149 Å². The van der Waals surface area contributed by atoms with Gasteiger partial charge in [-0.05, 0) is 111 Å². The molecular formula is C47H61N3O12. The van der Waals surface area contributed by atoms with Gasteiger partial charge < -0.3 is 37.9 Å². The van der Waals surface area contributed by atoms with Gasteiger partial charge in [-0.3, -0.25) is 14.4 Å². The lowest BCUT2D eigenvalue weighted by molar-refractivity contribution is -0.315. The number of nitrogens with zero attached hydrogens (tertiary/aromatic N) is 3. The van der Waals surface area contributed by atoms with Crippen LogP contribution in [0.3, 0.4) is 0 Å². The summed E-state index contributed by atoms with van der Waals surface area (Å²) in [5.41, 5.74) is 12.2. The number of carbonyl (C=O) groups is 4.